The maximum Gasteiger partial charge on any atom is 0.152 e. The van der Waals surface area contributed by atoms with Gasteiger partial charge in [0.05, 0.1) is 11.9 Å². The molecular weight excluding hydrogens is 272 g/mol. The Kier molecular flexibility index (Phi) is 4.52. The minimum atomic E-state index is 0.509. The van der Waals surface area contributed by atoms with Crippen LogP contribution in [0.1, 0.15) is 52.7 Å². The highest BCUT2D eigenvalue weighted by molar-refractivity contribution is 5.83. The third-order valence-corrected chi connectivity index (χ3v) is 4.57. The van der Waals surface area contributed by atoms with Crippen molar-refractivity contribution in [3.05, 3.63) is 58.9 Å². The van der Waals surface area contributed by atoms with Crippen LogP contribution in [0.5, 0.6) is 0 Å². The van der Waals surface area contributed by atoms with Crippen molar-refractivity contribution in [2.75, 3.05) is 11.9 Å². The second kappa shape index (κ2) is 6.73. The molecule has 0 amide bonds. The van der Waals surface area contributed by atoms with E-state index in [1.807, 2.05) is 0 Å². The number of hydrogen-bond donors (Lipinski definition) is 1. The van der Waals surface area contributed by atoms with Gasteiger partial charge in [-0.25, -0.2) is 0 Å². The molecule has 114 valence electrons. The largest absolute Gasteiger partial charge is 0.383 e. The lowest BCUT2D eigenvalue weighted by atomic mass is 9.82. The zero-order valence-corrected chi connectivity index (χ0v) is 13.0. The molecule has 3 heteroatoms. The number of rotatable bonds is 5. The molecule has 1 N–H and O–H groups in total. The number of carbonyl (C=O) groups is 1. The van der Waals surface area contributed by atoms with Crippen molar-refractivity contribution in [2.24, 2.45) is 0 Å². The van der Waals surface area contributed by atoms with Gasteiger partial charge in [0.25, 0.3) is 0 Å². The molecule has 0 bridgehead atoms. The summed E-state index contributed by atoms with van der Waals surface area (Å²) < 4.78 is 0. The van der Waals surface area contributed by atoms with Gasteiger partial charge in [-0.3, -0.25) is 9.78 Å². The van der Waals surface area contributed by atoms with Crippen molar-refractivity contribution in [3.63, 3.8) is 0 Å². The van der Waals surface area contributed by atoms with Crippen LogP contribution in [0.2, 0.25) is 0 Å². The molecule has 22 heavy (non-hydrogen) atoms. The topological polar surface area (TPSA) is 42.0 Å². The molecule has 0 saturated carbocycles. The number of aryl methyl sites for hydroxylation is 2. The third kappa shape index (κ3) is 3.03. The second-order valence-electron chi connectivity index (χ2n) is 5.94. The van der Waals surface area contributed by atoms with E-state index in [0.29, 0.717) is 11.5 Å². The Labute approximate surface area is 131 Å². The Hall–Kier alpha value is -2.16. The Balaban J connectivity index is 1.76. The van der Waals surface area contributed by atoms with Gasteiger partial charge in [-0.15, -0.1) is 0 Å². The van der Waals surface area contributed by atoms with Crippen LogP contribution in [-0.4, -0.2) is 17.8 Å². The van der Waals surface area contributed by atoms with Crippen LogP contribution in [0.15, 0.2) is 36.7 Å². The fourth-order valence-electron chi connectivity index (χ4n) is 3.29. The highest BCUT2D eigenvalue weighted by atomic mass is 16.1. The number of pyridine rings is 1. The maximum atomic E-state index is 11.1. The number of nitrogens with one attached hydrogen (secondary N) is 1. The van der Waals surface area contributed by atoms with Crippen LogP contribution in [0.4, 0.5) is 5.69 Å². The summed E-state index contributed by atoms with van der Waals surface area (Å²) in [7, 11) is 0. The van der Waals surface area contributed by atoms with Crippen molar-refractivity contribution >= 4 is 12.0 Å². The lowest BCUT2D eigenvalue weighted by Crippen LogP contribution is -2.19. The van der Waals surface area contributed by atoms with Gasteiger partial charge in [0.2, 0.25) is 0 Å². The first kappa shape index (κ1) is 14.8. The van der Waals surface area contributed by atoms with E-state index >= 15 is 0 Å². The summed E-state index contributed by atoms with van der Waals surface area (Å²) in [6, 6.07) is 8.65. The average molecular weight is 294 g/mol. The number of nitrogens with zero attached hydrogens (tertiary/aromatic N) is 1. The number of anilines is 1. The molecule has 0 unspecified atom stereocenters. The molecule has 1 aromatic carbocycles. The molecule has 1 aliphatic rings. The molecule has 3 rings (SSSR count). The minimum Gasteiger partial charge on any atom is -0.383 e. The molecule has 1 aromatic heterocycles. The SMILES string of the molecule is CCc1ccc2c(c1)CCC[C@@H]2CNc1cnccc1C=O. The number of carbonyl (C=O) groups excluding carboxylic acids is 1. The van der Waals surface area contributed by atoms with Gasteiger partial charge in [-0.1, -0.05) is 25.1 Å². The Morgan fingerprint density at radius 3 is 3.09 bits per heavy atom. The fourth-order valence-corrected chi connectivity index (χ4v) is 3.29. The van der Waals surface area contributed by atoms with Crippen LogP contribution in [-0.2, 0) is 12.8 Å². The lowest BCUT2D eigenvalue weighted by molar-refractivity contribution is 0.112. The summed E-state index contributed by atoms with van der Waals surface area (Å²) in [5, 5.41) is 3.41. The predicted molar refractivity (Wildman–Crippen MR) is 89.6 cm³/mol. The van der Waals surface area contributed by atoms with Gasteiger partial charge in [-0.05, 0) is 48.4 Å². The zero-order valence-electron chi connectivity index (χ0n) is 13.0. The molecular formula is C19H22N2O. The van der Waals surface area contributed by atoms with Gasteiger partial charge in [0.1, 0.15) is 0 Å². The molecule has 0 spiro atoms. The van der Waals surface area contributed by atoms with Crippen molar-refractivity contribution in [1.82, 2.24) is 4.98 Å². The van der Waals surface area contributed by atoms with E-state index in [9.17, 15) is 4.79 Å². The smallest absolute Gasteiger partial charge is 0.152 e. The van der Waals surface area contributed by atoms with Gasteiger partial charge in [0, 0.05) is 24.2 Å². The van der Waals surface area contributed by atoms with Gasteiger partial charge in [0.15, 0.2) is 6.29 Å². The van der Waals surface area contributed by atoms with Crippen molar-refractivity contribution < 1.29 is 4.79 Å². The van der Waals surface area contributed by atoms with E-state index in [0.717, 1.165) is 24.9 Å². The summed E-state index contributed by atoms with van der Waals surface area (Å²) >= 11 is 0. The second-order valence-corrected chi connectivity index (χ2v) is 5.94. The predicted octanol–water partition coefficient (Wildman–Crippen LogP) is 3.99. The van der Waals surface area contributed by atoms with Crippen LogP contribution >= 0.6 is 0 Å². The van der Waals surface area contributed by atoms with E-state index in [1.54, 1.807) is 18.5 Å². The quantitative estimate of drug-likeness (QED) is 0.848. The molecule has 2 aromatic rings. The van der Waals surface area contributed by atoms with Crippen LogP contribution < -0.4 is 5.32 Å². The van der Waals surface area contributed by atoms with Crippen LogP contribution in [0.25, 0.3) is 0 Å². The first-order valence-corrected chi connectivity index (χ1v) is 8.06. The maximum absolute atomic E-state index is 11.1. The monoisotopic (exact) mass is 294 g/mol. The molecule has 1 heterocycles. The van der Waals surface area contributed by atoms with Gasteiger partial charge >= 0.3 is 0 Å². The molecule has 1 atom stereocenters. The average Bonchev–Trinajstić information content (AvgIpc) is 2.59. The Morgan fingerprint density at radius 1 is 1.36 bits per heavy atom. The lowest BCUT2D eigenvalue weighted by Gasteiger charge is -2.27. The highest BCUT2D eigenvalue weighted by Gasteiger charge is 2.20. The van der Waals surface area contributed by atoms with E-state index in [-0.39, 0.29) is 0 Å². The Morgan fingerprint density at radius 2 is 2.27 bits per heavy atom. The number of aromatic nitrogens is 1. The first-order chi connectivity index (χ1) is 10.8. The van der Waals surface area contributed by atoms with Crippen LogP contribution in [0.3, 0.4) is 0 Å². The normalized spacial score (nSPS) is 16.9. The summed E-state index contributed by atoms with van der Waals surface area (Å²) in [4.78, 5) is 15.2. The summed E-state index contributed by atoms with van der Waals surface area (Å²) in [6.45, 7) is 3.05. The fraction of sp³-hybridized carbons (Fsp3) is 0.368. The van der Waals surface area contributed by atoms with Crippen molar-refractivity contribution in [2.45, 2.75) is 38.5 Å². The zero-order chi connectivity index (χ0) is 15.4. The molecule has 1 aliphatic carbocycles. The molecule has 0 aliphatic heterocycles. The standard InChI is InChI=1S/C19H22N2O/c1-2-14-6-7-18-15(10-14)4-3-5-16(18)11-21-19-12-20-9-8-17(19)13-22/h6-10,12-13,16,21H,2-5,11H2,1H3/t16-/m1/s1. The molecule has 0 saturated heterocycles. The summed E-state index contributed by atoms with van der Waals surface area (Å²) in [5.41, 5.74) is 5.89. The van der Waals surface area contributed by atoms with E-state index in [4.69, 9.17) is 0 Å². The third-order valence-electron chi connectivity index (χ3n) is 4.57. The highest BCUT2D eigenvalue weighted by Crippen LogP contribution is 2.32. The molecule has 0 radical (unpaired) electrons. The van der Waals surface area contributed by atoms with Crippen molar-refractivity contribution in [3.8, 4) is 0 Å². The van der Waals surface area contributed by atoms with Gasteiger partial charge in [-0.2, -0.15) is 0 Å². The molecule has 3 nitrogen and oxygen atoms in total. The number of hydrogen-bond acceptors (Lipinski definition) is 3. The number of benzene rings is 1. The van der Waals surface area contributed by atoms with Gasteiger partial charge < -0.3 is 5.32 Å². The number of aldehydes is 1. The summed E-state index contributed by atoms with van der Waals surface area (Å²) in [6.07, 6.45) is 8.97. The first-order valence-electron chi connectivity index (χ1n) is 8.06. The van der Waals surface area contributed by atoms with E-state index in [2.05, 4.69) is 35.4 Å². The van der Waals surface area contributed by atoms with Crippen molar-refractivity contribution in [1.29, 1.82) is 0 Å². The number of fused-ring (bicyclic) bond motifs is 1. The molecule has 0 fully saturated rings. The van der Waals surface area contributed by atoms with E-state index < -0.39 is 0 Å². The van der Waals surface area contributed by atoms with E-state index in [1.165, 1.54) is 36.0 Å². The van der Waals surface area contributed by atoms with Crippen LogP contribution in [0, 0.1) is 0 Å². The minimum absolute atomic E-state index is 0.509. The summed E-state index contributed by atoms with van der Waals surface area (Å²) in [5.74, 6) is 0.509. The Bertz CT molecular complexity index is 666.